The Morgan fingerprint density at radius 1 is 1.07 bits per heavy atom. The van der Waals surface area contributed by atoms with Crippen molar-refractivity contribution in [2.24, 2.45) is 0 Å². The lowest BCUT2D eigenvalue weighted by Gasteiger charge is -2.20. The van der Waals surface area contributed by atoms with Crippen LogP contribution in [0.25, 0.3) is 17.0 Å². The zero-order chi connectivity index (χ0) is 19.4. The van der Waals surface area contributed by atoms with Gasteiger partial charge in [-0.3, -0.25) is 4.79 Å². The minimum absolute atomic E-state index is 0.243. The molecule has 5 heteroatoms. The minimum Gasteiger partial charge on any atom is -0.506 e. The van der Waals surface area contributed by atoms with E-state index >= 15 is 0 Å². The molecule has 0 bridgehead atoms. The Morgan fingerprint density at radius 3 is 2.41 bits per heavy atom. The number of allylic oxidation sites excluding steroid dienone is 1. The van der Waals surface area contributed by atoms with E-state index in [1.54, 1.807) is 30.3 Å². The Morgan fingerprint density at radius 2 is 1.74 bits per heavy atom. The fourth-order valence-corrected chi connectivity index (χ4v) is 2.99. The van der Waals surface area contributed by atoms with E-state index in [4.69, 9.17) is 4.42 Å². The first-order valence-electron chi connectivity index (χ1n) is 8.87. The number of hydrogen-bond acceptors (Lipinski definition) is 5. The van der Waals surface area contributed by atoms with E-state index in [-0.39, 0.29) is 16.9 Å². The third kappa shape index (κ3) is 3.77. The van der Waals surface area contributed by atoms with Crippen molar-refractivity contribution < 1.29 is 14.3 Å². The van der Waals surface area contributed by atoms with E-state index in [9.17, 15) is 14.7 Å². The van der Waals surface area contributed by atoms with Crippen molar-refractivity contribution in [3.63, 3.8) is 0 Å². The van der Waals surface area contributed by atoms with Crippen LogP contribution in [0.5, 0.6) is 5.75 Å². The molecule has 1 heterocycles. The normalized spacial score (nSPS) is 11.2. The van der Waals surface area contributed by atoms with Gasteiger partial charge in [0.1, 0.15) is 16.9 Å². The smallest absolute Gasteiger partial charge is 0.351 e. The fourth-order valence-electron chi connectivity index (χ4n) is 2.99. The van der Waals surface area contributed by atoms with E-state index in [2.05, 4.69) is 18.7 Å². The Labute approximate surface area is 157 Å². The molecule has 5 nitrogen and oxygen atoms in total. The summed E-state index contributed by atoms with van der Waals surface area (Å²) in [5.74, 6) is -0.951. The van der Waals surface area contributed by atoms with Crippen molar-refractivity contribution in [3.8, 4) is 5.75 Å². The molecule has 1 aromatic heterocycles. The van der Waals surface area contributed by atoms with Crippen molar-refractivity contribution in [2.75, 3.05) is 18.0 Å². The molecular weight excluding hydrogens is 342 g/mol. The van der Waals surface area contributed by atoms with Crippen LogP contribution < -0.4 is 10.5 Å². The van der Waals surface area contributed by atoms with Crippen LogP contribution in [0.3, 0.4) is 0 Å². The predicted molar refractivity (Wildman–Crippen MR) is 108 cm³/mol. The number of para-hydroxylation sites is 1. The molecular formula is C22H21NO4. The number of ketones is 1. The van der Waals surface area contributed by atoms with Crippen molar-refractivity contribution in [1.82, 2.24) is 0 Å². The second-order valence-electron chi connectivity index (χ2n) is 6.07. The highest BCUT2D eigenvalue weighted by atomic mass is 16.4. The number of hydrogen-bond donors (Lipinski definition) is 1. The molecule has 27 heavy (non-hydrogen) atoms. The topological polar surface area (TPSA) is 70.8 Å². The molecule has 0 radical (unpaired) electrons. The van der Waals surface area contributed by atoms with Gasteiger partial charge >= 0.3 is 5.63 Å². The van der Waals surface area contributed by atoms with Crippen LogP contribution in [0, 0.1) is 0 Å². The summed E-state index contributed by atoms with van der Waals surface area (Å²) < 4.78 is 5.14. The quantitative estimate of drug-likeness (QED) is 0.403. The van der Waals surface area contributed by atoms with E-state index < -0.39 is 11.4 Å². The molecule has 1 N–H and O–H groups in total. The standard InChI is InChI=1S/C22H21NO4/c1-3-23(4-2)16-12-9-15(10-13-16)11-14-18(24)20-21(25)17-7-5-6-8-19(17)27-22(20)26/h5-14,25H,3-4H2,1-2H3/b14-11+. The zero-order valence-electron chi connectivity index (χ0n) is 15.3. The highest BCUT2D eigenvalue weighted by molar-refractivity contribution is 6.10. The summed E-state index contributed by atoms with van der Waals surface area (Å²) in [6.45, 7) is 6.03. The first-order chi connectivity index (χ1) is 13.0. The SMILES string of the molecule is CCN(CC)c1ccc(/C=C/C(=O)c2c(O)c3ccccc3oc2=O)cc1. The number of benzene rings is 2. The molecule has 138 valence electrons. The van der Waals surface area contributed by atoms with Crippen LogP contribution >= 0.6 is 0 Å². The molecule has 0 aliphatic heterocycles. The van der Waals surface area contributed by atoms with E-state index in [0.29, 0.717) is 5.39 Å². The summed E-state index contributed by atoms with van der Waals surface area (Å²) in [7, 11) is 0. The molecule has 0 aliphatic rings. The maximum absolute atomic E-state index is 12.5. The maximum atomic E-state index is 12.5. The number of rotatable bonds is 6. The molecule has 0 saturated carbocycles. The second kappa shape index (κ2) is 7.91. The van der Waals surface area contributed by atoms with Crippen molar-refractivity contribution in [3.05, 3.63) is 76.2 Å². The minimum atomic E-state index is -0.849. The summed E-state index contributed by atoms with van der Waals surface area (Å²) in [5, 5.41) is 10.7. The number of nitrogens with zero attached hydrogens (tertiary/aromatic N) is 1. The highest BCUT2D eigenvalue weighted by Crippen LogP contribution is 2.26. The van der Waals surface area contributed by atoms with Crippen molar-refractivity contribution in [2.45, 2.75) is 13.8 Å². The van der Waals surface area contributed by atoms with Gasteiger partial charge in [-0.05, 0) is 49.8 Å². The number of aromatic hydroxyl groups is 1. The van der Waals surface area contributed by atoms with Crippen molar-refractivity contribution >= 4 is 28.5 Å². The second-order valence-corrected chi connectivity index (χ2v) is 6.07. The molecule has 0 amide bonds. The average molecular weight is 363 g/mol. The highest BCUT2D eigenvalue weighted by Gasteiger charge is 2.18. The molecule has 2 aromatic carbocycles. The molecule has 0 saturated heterocycles. The largest absolute Gasteiger partial charge is 0.506 e. The van der Waals surface area contributed by atoms with Gasteiger partial charge in [0.05, 0.1) is 5.39 Å². The Hall–Kier alpha value is -3.34. The molecule has 3 rings (SSSR count). The fraction of sp³-hybridized carbons (Fsp3) is 0.182. The Bertz CT molecular complexity index is 1040. The summed E-state index contributed by atoms with van der Waals surface area (Å²) in [6.07, 6.45) is 2.88. The number of fused-ring (bicyclic) bond motifs is 1. The van der Waals surface area contributed by atoms with Crippen molar-refractivity contribution in [1.29, 1.82) is 0 Å². The third-order valence-corrected chi connectivity index (χ3v) is 4.48. The molecule has 0 aliphatic carbocycles. The molecule has 0 fully saturated rings. The van der Waals surface area contributed by atoms with Gasteiger partial charge in [0.15, 0.2) is 5.78 Å². The Balaban J connectivity index is 1.87. The van der Waals surface area contributed by atoms with Gasteiger partial charge in [-0.25, -0.2) is 4.79 Å². The van der Waals surface area contributed by atoms with Crippen LogP contribution in [0.15, 0.2) is 63.8 Å². The number of anilines is 1. The van der Waals surface area contributed by atoms with Gasteiger partial charge in [-0.15, -0.1) is 0 Å². The van der Waals surface area contributed by atoms with Crippen LogP contribution in [0.2, 0.25) is 0 Å². The first-order valence-corrected chi connectivity index (χ1v) is 8.87. The van der Waals surface area contributed by atoms with E-state index in [1.807, 2.05) is 24.3 Å². The molecule has 0 spiro atoms. The number of carbonyl (C=O) groups excluding carboxylic acids is 1. The lowest BCUT2D eigenvalue weighted by molar-refractivity contribution is 0.104. The van der Waals surface area contributed by atoms with Gasteiger partial charge < -0.3 is 14.4 Å². The summed E-state index contributed by atoms with van der Waals surface area (Å²) in [4.78, 5) is 26.8. The predicted octanol–water partition coefficient (Wildman–Crippen LogP) is 4.24. The lowest BCUT2D eigenvalue weighted by atomic mass is 10.1. The van der Waals surface area contributed by atoms with E-state index in [1.165, 1.54) is 6.08 Å². The van der Waals surface area contributed by atoms with Gasteiger partial charge in [-0.2, -0.15) is 0 Å². The van der Waals surface area contributed by atoms with E-state index in [0.717, 1.165) is 24.3 Å². The van der Waals surface area contributed by atoms with Gasteiger partial charge in [0, 0.05) is 18.8 Å². The van der Waals surface area contributed by atoms with Gasteiger partial charge in [-0.1, -0.05) is 30.3 Å². The zero-order valence-corrected chi connectivity index (χ0v) is 15.3. The molecule has 0 unspecified atom stereocenters. The van der Waals surface area contributed by atoms with Crippen LogP contribution in [0.1, 0.15) is 29.8 Å². The average Bonchev–Trinajstić information content (AvgIpc) is 2.68. The maximum Gasteiger partial charge on any atom is 0.351 e. The summed E-state index contributed by atoms with van der Waals surface area (Å²) in [6, 6.07) is 14.3. The monoisotopic (exact) mass is 363 g/mol. The van der Waals surface area contributed by atoms with Gasteiger partial charge in [0.25, 0.3) is 0 Å². The molecule has 3 aromatic rings. The first kappa shape index (κ1) is 18.5. The molecule has 0 atom stereocenters. The van der Waals surface area contributed by atoms with Crippen LogP contribution in [-0.4, -0.2) is 24.0 Å². The van der Waals surface area contributed by atoms with Gasteiger partial charge in [0.2, 0.25) is 0 Å². The summed E-state index contributed by atoms with van der Waals surface area (Å²) >= 11 is 0. The summed E-state index contributed by atoms with van der Waals surface area (Å²) in [5.41, 5.74) is 0.968. The lowest BCUT2D eigenvalue weighted by Crippen LogP contribution is -2.21. The number of carbonyl (C=O) groups is 1. The third-order valence-electron chi connectivity index (χ3n) is 4.48. The van der Waals surface area contributed by atoms with Crippen LogP contribution in [0.4, 0.5) is 5.69 Å². The van der Waals surface area contributed by atoms with Crippen LogP contribution in [-0.2, 0) is 0 Å². The Kier molecular flexibility index (Phi) is 5.41.